The Morgan fingerprint density at radius 3 is 2.73 bits per heavy atom. The number of carbonyl (C=O) groups is 1. The topological polar surface area (TPSA) is 96.5 Å². The Morgan fingerprint density at radius 2 is 2.00 bits per heavy atom. The number of hydrogen-bond donors (Lipinski definition) is 0. The molecule has 0 radical (unpaired) electrons. The largest absolute Gasteiger partial charge is 0.496 e. The van der Waals surface area contributed by atoms with Crippen molar-refractivity contribution < 1.29 is 19.2 Å². The SMILES string of the molecule is CCn1nccc1C(=O)/C=C/c1ccc(OC)c(COc2ccccc2[N+](=O)[O-])c1. The highest BCUT2D eigenvalue weighted by molar-refractivity contribution is 6.05. The highest BCUT2D eigenvalue weighted by atomic mass is 16.6. The molecule has 154 valence electrons. The minimum atomic E-state index is -0.488. The van der Waals surface area contributed by atoms with Crippen LogP contribution in [-0.2, 0) is 13.2 Å². The van der Waals surface area contributed by atoms with E-state index in [0.717, 1.165) is 5.56 Å². The molecule has 3 aromatic rings. The molecule has 0 N–H and O–H groups in total. The number of nitro benzene ring substituents is 1. The number of nitro groups is 1. The highest BCUT2D eigenvalue weighted by Crippen LogP contribution is 2.28. The van der Waals surface area contributed by atoms with Crippen LogP contribution in [0, 0.1) is 10.1 Å². The Bertz CT molecular complexity index is 1090. The standard InChI is InChI=1S/C22H21N3O5/c1-3-24-18(12-13-23-24)20(26)10-8-16-9-11-21(29-2)17(14-16)15-30-22-7-5-4-6-19(22)25(27)28/h4-14H,3,15H2,1-2H3/b10-8+. The van der Waals surface area contributed by atoms with E-state index in [1.54, 1.807) is 47.3 Å². The summed E-state index contributed by atoms with van der Waals surface area (Å²) < 4.78 is 12.7. The fraction of sp³-hybridized carbons (Fsp3) is 0.182. The summed E-state index contributed by atoms with van der Waals surface area (Å²) in [5.41, 5.74) is 1.88. The molecule has 0 spiro atoms. The van der Waals surface area contributed by atoms with Crippen LogP contribution in [0.5, 0.6) is 11.5 Å². The lowest BCUT2D eigenvalue weighted by molar-refractivity contribution is -0.385. The third-order valence-electron chi connectivity index (χ3n) is 4.45. The van der Waals surface area contributed by atoms with E-state index >= 15 is 0 Å². The second-order valence-corrected chi connectivity index (χ2v) is 6.31. The molecule has 0 amide bonds. The zero-order valence-corrected chi connectivity index (χ0v) is 16.6. The summed E-state index contributed by atoms with van der Waals surface area (Å²) in [5.74, 6) is 0.609. The first kappa shape index (κ1) is 20.8. The number of nitrogens with zero attached hydrogens (tertiary/aromatic N) is 3. The van der Waals surface area contributed by atoms with Gasteiger partial charge < -0.3 is 9.47 Å². The summed E-state index contributed by atoms with van der Waals surface area (Å²) in [5, 5.41) is 15.3. The fourth-order valence-electron chi connectivity index (χ4n) is 2.95. The lowest BCUT2D eigenvalue weighted by Crippen LogP contribution is -2.07. The number of carbonyl (C=O) groups excluding carboxylic acids is 1. The van der Waals surface area contributed by atoms with Crippen LogP contribution in [0.4, 0.5) is 5.69 Å². The van der Waals surface area contributed by atoms with Gasteiger partial charge in [0.05, 0.1) is 12.0 Å². The number of allylic oxidation sites excluding steroid dienone is 1. The van der Waals surface area contributed by atoms with Crippen molar-refractivity contribution >= 4 is 17.5 Å². The molecule has 0 saturated carbocycles. The first-order valence-corrected chi connectivity index (χ1v) is 9.30. The average molecular weight is 407 g/mol. The van der Waals surface area contributed by atoms with E-state index < -0.39 is 4.92 Å². The molecule has 0 saturated heterocycles. The quantitative estimate of drug-likeness (QED) is 0.227. The van der Waals surface area contributed by atoms with E-state index in [4.69, 9.17) is 9.47 Å². The first-order chi connectivity index (χ1) is 14.5. The minimum Gasteiger partial charge on any atom is -0.496 e. The number of rotatable bonds is 9. The summed E-state index contributed by atoms with van der Waals surface area (Å²) in [6.45, 7) is 2.60. The Kier molecular flexibility index (Phi) is 6.59. The van der Waals surface area contributed by atoms with Crippen LogP contribution >= 0.6 is 0 Å². The molecule has 0 fully saturated rings. The van der Waals surface area contributed by atoms with Crippen LogP contribution in [0.3, 0.4) is 0 Å². The van der Waals surface area contributed by atoms with Gasteiger partial charge in [-0.1, -0.05) is 24.3 Å². The molecule has 8 nitrogen and oxygen atoms in total. The maximum absolute atomic E-state index is 12.4. The van der Waals surface area contributed by atoms with Gasteiger partial charge in [0.15, 0.2) is 5.75 Å². The van der Waals surface area contributed by atoms with E-state index in [9.17, 15) is 14.9 Å². The van der Waals surface area contributed by atoms with E-state index in [1.807, 2.05) is 19.1 Å². The van der Waals surface area contributed by atoms with Crippen molar-refractivity contribution in [1.82, 2.24) is 9.78 Å². The Morgan fingerprint density at radius 1 is 1.20 bits per heavy atom. The van der Waals surface area contributed by atoms with Gasteiger partial charge in [-0.2, -0.15) is 5.10 Å². The van der Waals surface area contributed by atoms with E-state index in [2.05, 4.69) is 5.10 Å². The number of aromatic nitrogens is 2. The van der Waals surface area contributed by atoms with Gasteiger partial charge in [-0.15, -0.1) is 0 Å². The van der Waals surface area contributed by atoms with Crippen LogP contribution in [0.25, 0.3) is 6.08 Å². The number of aryl methyl sites for hydroxylation is 1. The molecule has 2 aromatic carbocycles. The molecular weight excluding hydrogens is 386 g/mol. The van der Waals surface area contributed by atoms with E-state index in [-0.39, 0.29) is 23.8 Å². The van der Waals surface area contributed by atoms with Gasteiger partial charge in [-0.05, 0) is 42.8 Å². The lowest BCUT2D eigenvalue weighted by Gasteiger charge is -2.11. The minimum absolute atomic E-state index is 0.0757. The molecule has 0 atom stereocenters. The number of para-hydroxylation sites is 2. The maximum Gasteiger partial charge on any atom is 0.310 e. The van der Waals surface area contributed by atoms with Crippen LogP contribution in [0.1, 0.15) is 28.5 Å². The first-order valence-electron chi connectivity index (χ1n) is 9.30. The fourth-order valence-corrected chi connectivity index (χ4v) is 2.95. The van der Waals surface area contributed by atoms with Crippen molar-refractivity contribution in [3.05, 3.63) is 87.7 Å². The predicted molar refractivity (Wildman–Crippen MR) is 112 cm³/mol. The molecule has 3 rings (SSSR count). The second-order valence-electron chi connectivity index (χ2n) is 6.31. The normalized spacial score (nSPS) is 10.9. The molecule has 0 bridgehead atoms. The number of methoxy groups -OCH3 is 1. The van der Waals surface area contributed by atoms with Crippen molar-refractivity contribution in [2.24, 2.45) is 0 Å². The van der Waals surface area contributed by atoms with E-state index in [0.29, 0.717) is 23.6 Å². The van der Waals surface area contributed by atoms with Gasteiger partial charge in [0.25, 0.3) is 0 Å². The maximum atomic E-state index is 12.4. The molecule has 1 aromatic heterocycles. The summed E-state index contributed by atoms with van der Waals surface area (Å²) in [7, 11) is 1.54. The summed E-state index contributed by atoms with van der Waals surface area (Å²) in [4.78, 5) is 23.1. The molecule has 30 heavy (non-hydrogen) atoms. The Labute approximate surface area is 173 Å². The van der Waals surface area contributed by atoms with Crippen molar-refractivity contribution in [1.29, 1.82) is 0 Å². The summed E-state index contributed by atoms with van der Waals surface area (Å²) in [6.07, 6.45) is 4.77. The Balaban J connectivity index is 1.79. The van der Waals surface area contributed by atoms with Crippen molar-refractivity contribution in [3.8, 4) is 11.5 Å². The number of ketones is 1. The molecule has 8 heteroatoms. The molecular formula is C22H21N3O5. The van der Waals surface area contributed by atoms with E-state index in [1.165, 1.54) is 19.3 Å². The van der Waals surface area contributed by atoms with Gasteiger partial charge >= 0.3 is 5.69 Å². The Hall–Kier alpha value is -3.94. The zero-order chi connectivity index (χ0) is 21.5. The second kappa shape index (κ2) is 9.51. The van der Waals surface area contributed by atoms with Gasteiger partial charge in [0.1, 0.15) is 18.1 Å². The van der Waals surface area contributed by atoms with Crippen LogP contribution in [-0.4, -0.2) is 27.6 Å². The van der Waals surface area contributed by atoms with Crippen molar-refractivity contribution in [2.45, 2.75) is 20.1 Å². The van der Waals surface area contributed by atoms with Crippen LogP contribution in [0.15, 0.2) is 60.8 Å². The van der Waals surface area contributed by atoms with Crippen LogP contribution < -0.4 is 9.47 Å². The number of ether oxygens (including phenoxy) is 2. The molecule has 0 aliphatic rings. The summed E-state index contributed by atoms with van der Waals surface area (Å²) in [6, 6.07) is 13.3. The predicted octanol–water partition coefficient (Wildman–Crippen LogP) is 4.29. The number of hydrogen-bond acceptors (Lipinski definition) is 6. The smallest absolute Gasteiger partial charge is 0.310 e. The third-order valence-corrected chi connectivity index (χ3v) is 4.45. The summed E-state index contributed by atoms with van der Waals surface area (Å²) >= 11 is 0. The molecule has 1 heterocycles. The monoisotopic (exact) mass is 407 g/mol. The van der Waals surface area contributed by atoms with Gasteiger partial charge in [0, 0.05) is 24.4 Å². The number of benzene rings is 2. The third kappa shape index (κ3) is 4.72. The highest BCUT2D eigenvalue weighted by Gasteiger charge is 2.15. The lowest BCUT2D eigenvalue weighted by atomic mass is 10.1. The van der Waals surface area contributed by atoms with Gasteiger partial charge in [-0.3, -0.25) is 19.6 Å². The van der Waals surface area contributed by atoms with Crippen LogP contribution in [0.2, 0.25) is 0 Å². The molecule has 0 aliphatic carbocycles. The van der Waals surface area contributed by atoms with Gasteiger partial charge in [0.2, 0.25) is 5.78 Å². The zero-order valence-electron chi connectivity index (χ0n) is 16.6. The van der Waals surface area contributed by atoms with Gasteiger partial charge in [-0.25, -0.2) is 0 Å². The van der Waals surface area contributed by atoms with Crippen molar-refractivity contribution in [2.75, 3.05) is 7.11 Å². The molecule has 0 aliphatic heterocycles. The molecule has 0 unspecified atom stereocenters. The van der Waals surface area contributed by atoms with Crippen molar-refractivity contribution in [3.63, 3.8) is 0 Å². The average Bonchev–Trinajstić information content (AvgIpc) is 3.25.